The summed E-state index contributed by atoms with van der Waals surface area (Å²) in [4.78, 5) is 27.2. The fraction of sp³-hybridized carbons (Fsp3) is 0.125. The lowest BCUT2D eigenvalue weighted by atomic mass is 10.2. The zero-order valence-electron chi connectivity index (χ0n) is 12.7. The second kappa shape index (κ2) is 6.29. The van der Waals surface area contributed by atoms with Crippen molar-refractivity contribution < 1.29 is 9.72 Å². The van der Waals surface area contributed by atoms with Crippen LogP contribution in [0.5, 0.6) is 0 Å². The van der Waals surface area contributed by atoms with Crippen molar-refractivity contribution in [3.8, 4) is 0 Å². The number of hydrogen-bond acceptors (Lipinski definition) is 4. The maximum Gasteiger partial charge on any atom is 0.294 e. The molecule has 3 aromatic rings. The number of hydrogen-bond donors (Lipinski definition) is 1. The van der Waals surface area contributed by atoms with Crippen LogP contribution >= 0.6 is 11.6 Å². The Bertz CT molecular complexity index is 952. The van der Waals surface area contributed by atoms with Gasteiger partial charge in [-0.05, 0) is 31.2 Å². The summed E-state index contributed by atoms with van der Waals surface area (Å²) >= 11 is 5.77. The van der Waals surface area contributed by atoms with E-state index in [1.807, 2.05) is 24.3 Å². The molecule has 0 atom stereocenters. The summed E-state index contributed by atoms with van der Waals surface area (Å²) < 4.78 is 1.76. The molecule has 0 radical (unpaired) electrons. The van der Waals surface area contributed by atoms with E-state index in [0.717, 1.165) is 11.0 Å². The molecule has 1 aromatic heterocycles. The molecule has 8 heteroatoms. The Labute approximate surface area is 142 Å². The van der Waals surface area contributed by atoms with Crippen LogP contribution in [0.1, 0.15) is 5.82 Å². The van der Waals surface area contributed by atoms with Gasteiger partial charge < -0.3 is 9.88 Å². The summed E-state index contributed by atoms with van der Waals surface area (Å²) in [5, 5.41) is 13.9. The number of nitro benzene ring substituents is 1. The third-order valence-electron chi connectivity index (χ3n) is 3.58. The maximum atomic E-state index is 12.3. The highest BCUT2D eigenvalue weighted by Gasteiger charge is 2.17. The first-order valence-corrected chi connectivity index (χ1v) is 7.49. The van der Waals surface area contributed by atoms with Gasteiger partial charge in [0.2, 0.25) is 5.91 Å². The average Bonchev–Trinajstić information content (AvgIpc) is 2.85. The van der Waals surface area contributed by atoms with Gasteiger partial charge in [-0.3, -0.25) is 14.9 Å². The lowest BCUT2D eigenvalue weighted by molar-refractivity contribution is -0.383. The first-order chi connectivity index (χ1) is 11.5. The van der Waals surface area contributed by atoms with Crippen molar-refractivity contribution in [2.75, 3.05) is 5.32 Å². The van der Waals surface area contributed by atoms with Gasteiger partial charge in [0, 0.05) is 11.1 Å². The number of nitro groups is 1. The molecule has 0 saturated carbocycles. The van der Waals surface area contributed by atoms with Crippen molar-refractivity contribution in [2.45, 2.75) is 13.5 Å². The predicted molar refractivity (Wildman–Crippen MR) is 91.2 cm³/mol. The van der Waals surface area contributed by atoms with Crippen LogP contribution in [0.25, 0.3) is 11.0 Å². The first-order valence-electron chi connectivity index (χ1n) is 7.11. The molecule has 0 aliphatic heterocycles. The molecule has 1 heterocycles. The van der Waals surface area contributed by atoms with Gasteiger partial charge in [0.1, 0.15) is 18.1 Å². The number of nitrogens with one attached hydrogen (secondary N) is 1. The van der Waals surface area contributed by atoms with Crippen molar-refractivity contribution in [3.05, 3.63) is 63.4 Å². The van der Waals surface area contributed by atoms with Crippen molar-refractivity contribution >= 4 is 39.9 Å². The van der Waals surface area contributed by atoms with Gasteiger partial charge in [-0.1, -0.05) is 23.7 Å². The molecule has 0 bridgehead atoms. The van der Waals surface area contributed by atoms with Crippen LogP contribution in [0.2, 0.25) is 5.02 Å². The molecule has 0 aliphatic carbocycles. The highest BCUT2D eigenvalue weighted by molar-refractivity contribution is 6.31. The van der Waals surface area contributed by atoms with E-state index in [1.165, 1.54) is 18.2 Å². The number of rotatable bonds is 4. The van der Waals surface area contributed by atoms with Gasteiger partial charge in [0.15, 0.2) is 0 Å². The minimum atomic E-state index is -0.584. The van der Waals surface area contributed by atoms with Crippen LogP contribution < -0.4 is 5.32 Å². The Kier molecular flexibility index (Phi) is 4.18. The van der Waals surface area contributed by atoms with E-state index in [-0.39, 0.29) is 28.8 Å². The SMILES string of the molecule is Cc1nc2ccccc2n1CC(=O)Nc1ccc(Cl)cc1[N+](=O)[O-]. The van der Waals surface area contributed by atoms with Gasteiger partial charge in [0.25, 0.3) is 5.69 Å². The number of aromatic nitrogens is 2. The quantitative estimate of drug-likeness (QED) is 0.579. The van der Waals surface area contributed by atoms with Crippen molar-refractivity contribution in [1.82, 2.24) is 9.55 Å². The van der Waals surface area contributed by atoms with E-state index in [9.17, 15) is 14.9 Å². The molecule has 122 valence electrons. The zero-order valence-corrected chi connectivity index (χ0v) is 13.4. The number of anilines is 1. The summed E-state index contributed by atoms with van der Waals surface area (Å²) in [5.74, 6) is 0.309. The molecule has 0 saturated heterocycles. The number of fused-ring (bicyclic) bond motifs is 1. The Morgan fingerprint density at radius 1 is 1.33 bits per heavy atom. The number of carbonyl (C=O) groups is 1. The predicted octanol–water partition coefficient (Wildman–Crippen LogP) is 3.55. The topological polar surface area (TPSA) is 90.1 Å². The largest absolute Gasteiger partial charge is 0.319 e. The second-order valence-electron chi connectivity index (χ2n) is 5.20. The minimum Gasteiger partial charge on any atom is -0.319 e. The van der Waals surface area contributed by atoms with E-state index < -0.39 is 4.92 Å². The van der Waals surface area contributed by atoms with Crippen LogP contribution in [-0.2, 0) is 11.3 Å². The number of para-hydroxylation sites is 2. The van der Waals surface area contributed by atoms with Crippen LogP contribution in [0.15, 0.2) is 42.5 Å². The van der Waals surface area contributed by atoms with E-state index in [0.29, 0.717) is 5.82 Å². The third-order valence-corrected chi connectivity index (χ3v) is 3.81. The van der Waals surface area contributed by atoms with Crippen molar-refractivity contribution in [1.29, 1.82) is 0 Å². The highest BCUT2D eigenvalue weighted by Crippen LogP contribution is 2.27. The molecule has 1 amide bonds. The summed E-state index contributed by atoms with van der Waals surface area (Å²) in [5.41, 5.74) is 1.48. The van der Waals surface area contributed by atoms with Gasteiger partial charge in [0.05, 0.1) is 16.0 Å². The molecule has 2 aromatic carbocycles. The number of benzene rings is 2. The number of halogens is 1. The van der Waals surface area contributed by atoms with Crippen LogP contribution in [0, 0.1) is 17.0 Å². The van der Waals surface area contributed by atoms with Gasteiger partial charge in [-0.2, -0.15) is 0 Å². The van der Waals surface area contributed by atoms with Crippen molar-refractivity contribution in [3.63, 3.8) is 0 Å². The lowest BCUT2D eigenvalue weighted by Gasteiger charge is -2.09. The van der Waals surface area contributed by atoms with E-state index in [1.54, 1.807) is 11.5 Å². The Morgan fingerprint density at radius 3 is 2.83 bits per heavy atom. The van der Waals surface area contributed by atoms with Crippen LogP contribution in [-0.4, -0.2) is 20.4 Å². The minimum absolute atomic E-state index is 0.00608. The molecule has 0 unspecified atom stereocenters. The van der Waals surface area contributed by atoms with E-state index in [4.69, 9.17) is 11.6 Å². The molecule has 0 fully saturated rings. The zero-order chi connectivity index (χ0) is 17.3. The van der Waals surface area contributed by atoms with E-state index in [2.05, 4.69) is 10.3 Å². The molecule has 7 nitrogen and oxygen atoms in total. The fourth-order valence-electron chi connectivity index (χ4n) is 2.49. The molecule has 1 N–H and O–H groups in total. The number of nitrogens with zero attached hydrogens (tertiary/aromatic N) is 3. The molecular weight excluding hydrogens is 332 g/mol. The molecular formula is C16H13ClN4O3. The monoisotopic (exact) mass is 344 g/mol. The Morgan fingerprint density at radius 2 is 2.08 bits per heavy atom. The lowest BCUT2D eigenvalue weighted by Crippen LogP contribution is -2.20. The summed E-state index contributed by atoms with van der Waals surface area (Å²) in [7, 11) is 0. The summed E-state index contributed by atoms with van der Waals surface area (Å²) in [6, 6.07) is 11.6. The van der Waals surface area contributed by atoms with Gasteiger partial charge >= 0.3 is 0 Å². The van der Waals surface area contributed by atoms with Crippen LogP contribution in [0.3, 0.4) is 0 Å². The number of aryl methyl sites for hydroxylation is 1. The van der Waals surface area contributed by atoms with E-state index >= 15 is 0 Å². The third kappa shape index (κ3) is 3.07. The Hall–Kier alpha value is -2.93. The molecule has 3 rings (SSSR count). The average molecular weight is 345 g/mol. The summed E-state index contributed by atoms with van der Waals surface area (Å²) in [6.07, 6.45) is 0. The normalized spacial score (nSPS) is 10.8. The fourth-order valence-corrected chi connectivity index (χ4v) is 2.66. The highest BCUT2D eigenvalue weighted by atomic mass is 35.5. The van der Waals surface area contributed by atoms with Gasteiger partial charge in [-0.15, -0.1) is 0 Å². The van der Waals surface area contributed by atoms with Crippen LogP contribution in [0.4, 0.5) is 11.4 Å². The molecule has 0 aliphatic rings. The molecule has 24 heavy (non-hydrogen) atoms. The smallest absolute Gasteiger partial charge is 0.294 e. The maximum absolute atomic E-state index is 12.3. The second-order valence-corrected chi connectivity index (χ2v) is 5.64. The first kappa shape index (κ1) is 15.9. The number of amides is 1. The number of imidazole rings is 1. The van der Waals surface area contributed by atoms with Gasteiger partial charge in [-0.25, -0.2) is 4.98 Å². The summed E-state index contributed by atoms with van der Waals surface area (Å²) in [6.45, 7) is 1.81. The Balaban J connectivity index is 1.86. The number of carbonyl (C=O) groups excluding carboxylic acids is 1. The standard InChI is InChI=1S/C16H13ClN4O3/c1-10-18-12-4-2-3-5-14(12)20(10)9-16(22)19-13-7-6-11(17)8-15(13)21(23)24/h2-8H,9H2,1H3,(H,19,22). The van der Waals surface area contributed by atoms with Crippen molar-refractivity contribution in [2.24, 2.45) is 0 Å². The molecule has 0 spiro atoms.